The number of nitrogens with zero attached hydrogens (tertiary/aromatic N) is 2. The molecule has 0 amide bonds. The molecule has 0 spiro atoms. The Balaban J connectivity index is 1.92. The second kappa shape index (κ2) is 6.21. The van der Waals surface area contributed by atoms with Gasteiger partial charge in [-0.15, -0.1) is 0 Å². The molecule has 0 saturated carbocycles. The molecule has 0 radical (unpaired) electrons. The van der Waals surface area contributed by atoms with E-state index >= 15 is 0 Å². The van der Waals surface area contributed by atoms with Crippen molar-refractivity contribution in [3.05, 3.63) is 29.8 Å². The number of hydrogen-bond acceptors (Lipinski definition) is 3. The molecule has 0 aliphatic carbocycles. The fourth-order valence-corrected chi connectivity index (χ4v) is 2.52. The van der Waals surface area contributed by atoms with Gasteiger partial charge in [-0.3, -0.25) is 4.90 Å². The second-order valence-electron chi connectivity index (χ2n) is 5.15. The molecule has 18 heavy (non-hydrogen) atoms. The normalized spacial score (nSPS) is 18.9. The molecule has 1 fully saturated rings. The van der Waals surface area contributed by atoms with E-state index in [2.05, 4.69) is 47.9 Å². The topological polar surface area (TPSA) is 32.5 Å². The van der Waals surface area contributed by atoms with E-state index in [1.165, 1.54) is 30.8 Å². The number of benzene rings is 1. The van der Waals surface area contributed by atoms with Gasteiger partial charge in [0.2, 0.25) is 0 Å². The summed E-state index contributed by atoms with van der Waals surface area (Å²) >= 11 is 0. The number of anilines is 1. The maximum Gasteiger partial charge on any atom is 0.0367 e. The van der Waals surface area contributed by atoms with Gasteiger partial charge in [0.25, 0.3) is 0 Å². The molecule has 1 saturated heterocycles. The third-order valence-corrected chi connectivity index (χ3v) is 4.07. The minimum Gasteiger partial charge on any atom is -0.369 e. The van der Waals surface area contributed by atoms with Gasteiger partial charge in [-0.05, 0) is 31.0 Å². The first-order chi connectivity index (χ1) is 8.74. The predicted molar refractivity (Wildman–Crippen MR) is 77.9 cm³/mol. The van der Waals surface area contributed by atoms with Gasteiger partial charge in [0.1, 0.15) is 0 Å². The lowest BCUT2D eigenvalue weighted by Gasteiger charge is -2.39. The summed E-state index contributed by atoms with van der Waals surface area (Å²) in [5, 5.41) is 0. The molecule has 2 rings (SSSR count). The molecule has 0 aromatic heterocycles. The highest BCUT2D eigenvalue weighted by Gasteiger charge is 2.19. The third-order valence-electron chi connectivity index (χ3n) is 4.07. The summed E-state index contributed by atoms with van der Waals surface area (Å²) < 4.78 is 0. The van der Waals surface area contributed by atoms with Gasteiger partial charge in [-0.2, -0.15) is 0 Å². The third kappa shape index (κ3) is 3.03. The van der Waals surface area contributed by atoms with Crippen molar-refractivity contribution in [2.45, 2.75) is 32.9 Å². The van der Waals surface area contributed by atoms with E-state index in [4.69, 9.17) is 5.73 Å². The smallest absolute Gasteiger partial charge is 0.0367 e. The summed E-state index contributed by atoms with van der Waals surface area (Å²) in [6.07, 6.45) is 1.24. The van der Waals surface area contributed by atoms with Crippen molar-refractivity contribution in [1.82, 2.24) is 4.90 Å². The van der Waals surface area contributed by atoms with Crippen LogP contribution >= 0.6 is 0 Å². The molecule has 0 bridgehead atoms. The highest BCUT2D eigenvalue weighted by molar-refractivity contribution is 5.48. The Kier molecular flexibility index (Phi) is 4.61. The number of piperazine rings is 1. The van der Waals surface area contributed by atoms with Crippen LogP contribution in [0.1, 0.15) is 25.8 Å². The van der Waals surface area contributed by atoms with Crippen LogP contribution < -0.4 is 10.6 Å². The van der Waals surface area contributed by atoms with E-state index in [1.807, 2.05) is 0 Å². The summed E-state index contributed by atoms with van der Waals surface area (Å²) in [5.41, 5.74) is 8.16. The van der Waals surface area contributed by atoms with Crippen LogP contribution in [0.2, 0.25) is 0 Å². The Morgan fingerprint density at radius 1 is 1.11 bits per heavy atom. The molecule has 3 nitrogen and oxygen atoms in total. The first-order valence-corrected chi connectivity index (χ1v) is 7.02. The highest BCUT2D eigenvalue weighted by Crippen LogP contribution is 2.18. The van der Waals surface area contributed by atoms with E-state index in [-0.39, 0.29) is 0 Å². The van der Waals surface area contributed by atoms with Gasteiger partial charge in [-0.25, -0.2) is 0 Å². The average molecular weight is 247 g/mol. The van der Waals surface area contributed by atoms with Gasteiger partial charge in [0, 0.05) is 44.5 Å². The van der Waals surface area contributed by atoms with E-state index in [9.17, 15) is 0 Å². The summed E-state index contributed by atoms with van der Waals surface area (Å²) in [4.78, 5) is 5.06. The van der Waals surface area contributed by atoms with Crippen molar-refractivity contribution in [1.29, 1.82) is 0 Å². The maximum atomic E-state index is 5.62. The van der Waals surface area contributed by atoms with Crippen molar-refractivity contribution in [3.8, 4) is 0 Å². The van der Waals surface area contributed by atoms with E-state index in [0.29, 0.717) is 12.6 Å². The SMILES string of the molecule is CCC(C)N1CCN(c2ccc(CN)cc2)CC1. The molecule has 1 aliphatic rings. The van der Waals surface area contributed by atoms with Crippen molar-refractivity contribution < 1.29 is 0 Å². The summed E-state index contributed by atoms with van der Waals surface area (Å²) in [5.74, 6) is 0. The Morgan fingerprint density at radius 3 is 2.22 bits per heavy atom. The molecule has 1 heterocycles. The molecule has 1 aliphatic heterocycles. The summed E-state index contributed by atoms with van der Waals surface area (Å²) in [6, 6.07) is 9.38. The van der Waals surface area contributed by atoms with Crippen molar-refractivity contribution >= 4 is 5.69 Å². The first kappa shape index (κ1) is 13.4. The van der Waals surface area contributed by atoms with Crippen molar-refractivity contribution in [2.24, 2.45) is 5.73 Å². The first-order valence-electron chi connectivity index (χ1n) is 7.02. The Hall–Kier alpha value is -1.06. The molecule has 2 N–H and O–H groups in total. The minimum atomic E-state index is 0.627. The molecule has 1 aromatic rings. The van der Waals surface area contributed by atoms with Crippen LogP contribution in [0.15, 0.2) is 24.3 Å². The zero-order chi connectivity index (χ0) is 13.0. The monoisotopic (exact) mass is 247 g/mol. The molecular weight excluding hydrogens is 222 g/mol. The molecular formula is C15H25N3. The zero-order valence-corrected chi connectivity index (χ0v) is 11.6. The molecule has 1 aromatic carbocycles. The van der Waals surface area contributed by atoms with E-state index in [1.54, 1.807) is 0 Å². The number of rotatable bonds is 4. The zero-order valence-electron chi connectivity index (χ0n) is 11.6. The van der Waals surface area contributed by atoms with E-state index < -0.39 is 0 Å². The quantitative estimate of drug-likeness (QED) is 0.884. The summed E-state index contributed by atoms with van der Waals surface area (Å²) in [7, 11) is 0. The van der Waals surface area contributed by atoms with Crippen molar-refractivity contribution in [2.75, 3.05) is 31.1 Å². The number of nitrogens with two attached hydrogens (primary N) is 1. The standard InChI is InChI=1S/C15H25N3/c1-3-13(2)17-8-10-18(11-9-17)15-6-4-14(12-16)5-7-15/h4-7,13H,3,8-12,16H2,1-2H3. The highest BCUT2D eigenvalue weighted by atomic mass is 15.3. The van der Waals surface area contributed by atoms with Gasteiger partial charge in [0.15, 0.2) is 0 Å². The van der Waals surface area contributed by atoms with Gasteiger partial charge < -0.3 is 10.6 Å². The Morgan fingerprint density at radius 2 is 1.72 bits per heavy atom. The van der Waals surface area contributed by atoms with Crippen LogP contribution in [0.5, 0.6) is 0 Å². The van der Waals surface area contributed by atoms with E-state index in [0.717, 1.165) is 13.1 Å². The lowest BCUT2D eigenvalue weighted by Crippen LogP contribution is -2.49. The lowest BCUT2D eigenvalue weighted by molar-refractivity contribution is 0.193. The fraction of sp³-hybridized carbons (Fsp3) is 0.600. The Labute approximate surface area is 111 Å². The summed E-state index contributed by atoms with van der Waals surface area (Å²) in [6.45, 7) is 9.83. The Bertz CT molecular complexity index is 353. The van der Waals surface area contributed by atoms with Crippen LogP contribution in [0.3, 0.4) is 0 Å². The molecule has 3 heteroatoms. The number of hydrogen-bond donors (Lipinski definition) is 1. The second-order valence-corrected chi connectivity index (χ2v) is 5.15. The van der Waals surface area contributed by atoms with Crippen LogP contribution in [0.4, 0.5) is 5.69 Å². The lowest BCUT2D eigenvalue weighted by atomic mass is 10.1. The average Bonchev–Trinajstić information content (AvgIpc) is 2.47. The molecule has 1 unspecified atom stereocenters. The van der Waals surface area contributed by atoms with Gasteiger partial charge in [0.05, 0.1) is 0 Å². The van der Waals surface area contributed by atoms with Crippen LogP contribution in [-0.4, -0.2) is 37.1 Å². The van der Waals surface area contributed by atoms with Gasteiger partial charge >= 0.3 is 0 Å². The van der Waals surface area contributed by atoms with Crippen LogP contribution in [0, 0.1) is 0 Å². The van der Waals surface area contributed by atoms with Gasteiger partial charge in [-0.1, -0.05) is 19.1 Å². The van der Waals surface area contributed by atoms with Crippen molar-refractivity contribution in [3.63, 3.8) is 0 Å². The fourth-order valence-electron chi connectivity index (χ4n) is 2.52. The largest absolute Gasteiger partial charge is 0.369 e. The van der Waals surface area contributed by atoms with Crippen LogP contribution in [-0.2, 0) is 6.54 Å². The molecule has 100 valence electrons. The minimum absolute atomic E-state index is 0.627. The van der Waals surface area contributed by atoms with Crippen LogP contribution in [0.25, 0.3) is 0 Å². The molecule has 1 atom stereocenters. The predicted octanol–water partition coefficient (Wildman–Crippen LogP) is 2.07. The maximum absolute atomic E-state index is 5.62.